The number of carbonyl (C=O) groups is 1. The summed E-state index contributed by atoms with van der Waals surface area (Å²) in [4.78, 5) is 13.4. The van der Waals surface area contributed by atoms with Gasteiger partial charge in [-0.1, -0.05) is 0 Å². The van der Waals surface area contributed by atoms with Gasteiger partial charge in [0.25, 0.3) is 0 Å². The maximum absolute atomic E-state index is 11.0. The number of nitrogens with zero attached hydrogens (tertiary/aromatic N) is 1. The lowest BCUT2D eigenvalue weighted by molar-refractivity contribution is -0.117. The van der Waals surface area contributed by atoms with Crippen LogP contribution in [0.1, 0.15) is 26.2 Å². The number of hydrogen-bond donors (Lipinski definition) is 0. The summed E-state index contributed by atoms with van der Waals surface area (Å²) in [5.41, 5.74) is 1.19. The van der Waals surface area contributed by atoms with Crippen LogP contribution in [-0.2, 0) is 4.79 Å². The smallest absolute Gasteiger partial charge is 0.231 e. The van der Waals surface area contributed by atoms with Crippen LogP contribution >= 0.6 is 0 Å². The Morgan fingerprint density at radius 3 is 3.05 bits per heavy atom. The number of hydrogen-bond acceptors (Lipinski definition) is 4. The van der Waals surface area contributed by atoms with Crippen LogP contribution in [0.3, 0.4) is 0 Å². The van der Waals surface area contributed by atoms with Gasteiger partial charge in [-0.05, 0) is 37.8 Å². The first-order valence-electron chi connectivity index (χ1n) is 6.86. The van der Waals surface area contributed by atoms with Crippen molar-refractivity contribution in [3.63, 3.8) is 0 Å². The minimum Gasteiger partial charge on any atom is -0.454 e. The third kappa shape index (κ3) is 2.67. The predicted molar refractivity (Wildman–Crippen MR) is 72.8 cm³/mol. The fourth-order valence-corrected chi connectivity index (χ4v) is 2.79. The second kappa shape index (κ2) is 5.11. The molecule has 0 amide bonds. The number of benzene rings is 1. The van der Waals surface area contributed by atoms with Gasteiger partial charge in [-0.2, -0.15) is 0 Å². The molecule has 2 heterocycles. The molecule has 1 aromatic carbocycles. The van der Waals surface area contributed by atoms with Crippen LogP contribution in [0.5, 0.6) is 11.5 Å². The number of carbonyl (C=O) groups excluding carboxylic acids is 1. The molecule has 4 nitrogen and oxygen atoms in total. The van der Waals surface area contributed by atoms with Gasteiger partial charge in [0.1, 0.15) is 5.78 Å². The second-order valence-electron chi connectivity index (χ2n) is 5.38. The first-order chi connectivity index (χ1) is 9.22. The van der Waals surface area contributed by atoms with Crippen LogP contribution in [0.15, 0.2) is 18.2 Å². The van der Waals surface area contributed by atoms with E-state index in [0.717, 1.165) is 31.0 Å². The quantitative estimate of drug-likeness (QED) is 0.835. The molecule has 3 rings (SSSR count). The number of fused-ring (bicyclic) bond motifs is 1. The van der Waals surface area contributed by atoms with Crippen molar-refractivity contribution >= 4 is 11.5 Å². The molecule has 1 unspecified atom stereocenters. The SMILES string of the molecule is CC(=O)CCC1CCN(c2ccc3c(c2)OCO3)C1. The molecular weight excluding hydrogens is 242 g/mol. The van der Waals surface area contributed by atoms with E-state index in [1.807, 2.05) is 6.07 Å². The summed E-state index contributed by atoms with van der Waals surface area (Å²) in [7, 11) is 0. The van der Waals surface area contributed by atoms with Gasteiger partial charge >= 0.3 is 0 Å². The molecule has 1 fully saturated rings. The number of ether oxygens (including phenoxy) is 2. The van der Waals surface area contributed by atoms with E-state index in [9.17, 15) is 4.79 Å². The Hall–Kier alpha value is -1.71. The molecule has 1 aromatic rings. The summed E-state index contributed by atoms with van der Waals surface area (Å²) < 4.78 is 10.7. The number of anilines is 1. The topological polar surface area (TPSA) is 38.8 Å². The van der Waals surface area contributed by atoms with Crippen molar-refractivity contribution in [2.24, 2.45) is 5.92 Å². The summed E-state index contributed by atoms with van der Waals surface area (Å²) in [6.07, 6.45) is 2.89. The van der Waals surface area contributed by atoms with Crippen LogP contribution in [0.4, 0.5) is 5.69 Å². The van der Waals surface area contributed by atoms with E-state index in [2.05, 4.69) is 17.0 Å². The molecule has 0 N–H and O–H groups in total. The van der Waals surface area contributed by atoms with Crippen molar-refractivity contribution in [1.29, 1.82) is 0 Å². The molecule has 0 aliphatic carbocycles. The highest BCUT2D eigenvalue weighted by Gasteiger charge is 2.24. The molecular formula is C15H19NO3. The Kier molecular flexibility index (Phi) is 3.32. The maximum Gasteiger partial charge on any atom is 0.231 e. The molecule has 0 bridgehead atoms. The standard InChI is InChI=1S/C15H19NO3/c1-11(17)2-3-12-6-7-16(9-12)13-4-5-14-15(8-13)19-10-18-14/h4-5,8,12H,2-3,6-7,9-10H2,1H3. The van der Waals surface area contributed by atoms with Gasteiger partial charge in [-0.3, -0.25) is 0 Å². The largest absolute Gasteiger partial charge is 0.454 e. The fraction of sp³-hybridized carbons (Fsp3) is 0.533. The molecule has 19 heavy (non-hydrogen) atoms. The van der Waals surface area contributed by atoms with Crippen molar-refractivity contribution in [2.45, 2.75) is 26.2 Å². The first-order valence-corrected chi connectivity index (χ1v) is 6.86. The number of Topliss-reactive ketones (excluding diaryl/α,β-unsaturated/α-hetero) is 1. The van der Waals surface area contributed by atoms with E-state index in [1.54, 1.807) is 6.92 Å². The van der Waals surface area contributed by atoms with Gasteiger partial charge in [0.2, 0.25) is 6.79 Å². The van der Waals surface area contributed by atoms with E-state index < -0.39 is 0 Å². The number of ketones is 1. The second-order valence-corrected chi connectivity index (χ2v) is 5.38. The van der Waals surface area contributed by atoms with Crippen LogP contribution in [0.25, 0.3) is 0 Å². The van der Waals surface area contributed by atoms with Crippen molar-refractivity contribution in [3.8, 4) is 11.5 Å². The molecule has 1 atom stereocenters. The summed E-state index contributed by atoms with van der Waals surface area (Å²) >= 11 is 0. The van der Waals surface area contributed by atoms with E-state index in [0.29, 0.717) is 24.9 Å². The van der Waals surface area contributed by atoms with Gasteiger partial charge in [0.05, 0.1) is 0 Å². The maximum atomic E-state index is 11.0. The third-order valence-corrected chi connectivity index (χ3v) is 3.91. The van der Waals surface area contributed by atoms with Crippen LogP contribution < -0.4 is 14.4 Å². The lowest BCUT2D eigenvalue weighted by atomic mass is 10.0. The third-order valence-electron chi connectivity index (χ3n) is 3.91. The summed E-state index contributed by atoms with van der Waals surface area (Å²) in [6.45, 7) is 4.08. The van der Waals surface area contributed by atoms with Crippen LogP contribution in [0, 0.1) is 5.92 Å². The highest BCUT2D eigenvalue weighted by molar-refractivity contribution is 5.75. The first kappa shape index (κ1) is 12.3. The lowest BCUT2D eigenvalue weighted by Crippen LogP contribution is -2.19. The molecule has 0 spiro atoms. The average Bonchev–Trinajstić information content (AvgIpc) is 3.04. The molecule has 2 aliphatic rings. The highest BCUT2D eigenvalue weighted by atomic mass is 16.7. The zero-order chi connectivity index (χ0) is 13.2. The normalized spacial score (nSPS) is 20.9. The average molecular weight is 261 g/mol. The van der Waals surface area contributed by atoms with Gasteiger partial charge in [0.15, 0.2) is 11.5 Å². The Bertz CT molecular complexity index is 486. The summed E-state index contributed by atoms with van der Waals surface area (Å²) in [5, 5.41) is 0. The minimum atomic E-state index is 0.293. The van der Waals surface area contributed by atoms with Crippen LogP contribution in [-0.4, -0.2) is 25.7 Å². The van der Waals surface area contributed by atoms with Gasteiger partial charge in [-0.25, -0.2) is 0 Å². The fourth-order valence-electron chi connectivity index (χ4n) is 2.79. The monoisotopic (exact) mass is 261 g/mol. The molecule has 0 radical (unpaired) electrons. The molecule has 102 valence electrons. The van der Waals surface area contributed by atoms with E-state index in [4.69, 9.17) is 9.47 Å². The van der Waals surface area contributed by atoms with Crippen molar-refractivity contribution in [2.75, 3.05) is 24.8 Å². The Balaban J connectivity index is 1.63. The number of rotatable bonds is 4. The molecule has 2 aliphatic heterocycles. The highest BCUT2D eigenvalue weighted by Crippen LogP contribution is 2.37. The summed E-state index contributed by atoms with van der Waals surface area (Å²) in [6, 6.07) is 6.11. The van der Waals surface area contributed by atoms with Gasteiger partial charge < -0.3 is 19.2 Å². The Morgan fingerprint density at radius 2 is 2.21 bits per heavy atom. The summed E-state index contributed by atoms with van der Waals surface area (Å²) in [5.74, 6) is 2.59. The van der Waals surface area contributed by atoms with Gasteiger partial charge in [0, 0.05) is 31.3 Å². The molecule has 4 heteroatoms. The van der Waals surface area contributed by atoms with Crippen molar-refractivity contribution < 1.29 is 14.3 Å². The van der Waals surface area contributed by atoms with E-state index >= 15 is 0 Å². The zero-order valence-corrected chi connectivity index (χ0v) is 11.2. The van der Waals surface area contributed by atoms with E-state index in [-0.39, 0.29) is 0 Å². The molecule has 0 aromatic heterocycles. The lowest BCUT2D eigenvalue weighted by Gasteiger charge is -2.19. The molecule has 1 saturated heterocycles. The Morgan fingerprint density at radius 1 is 1.37 bits per heavy atom. The Labute approximate surface area is 113 Å². The van der Waals surface area contributed by atoms with Crippen molar-refractivity contribution in [3.05, 3.63) is 18.2 Å². The minimum absolute atomic E-state index is 0.293. The predicted octanol–water partition coefficient (Wildman–Crippen LogP) is 2.61. The molecule has 0 saturated carbocycles. The van der Waals surface area contributed by atoms with Gasteiger partial charge in [-0.15, -0.1) is 0 Å². The van der Waals surface area contributed by atoms with E-state index in [1.165, 1.54) is 12.1 Å². The van der Waals surface area contributed by atoms with Crippen LogP contribution in [0.2, 0.25) is 0 Å². The zero-order valence-electron chi connectivity index (χ0n) is 11.2. The van der Waals surface area contributed by atoms with Crippen molar-refractivity contribution in [1.82, 2.24) is 0 Å².